The highest BCUT2D eigenvalue weighted by Crippen LogP contribution is 2.34. The number of anilines is 1. The van der Waals surface area contributed by atoms with Gasteiger partial charge in [-0.1, -0.05) is 0 Å². The van der Waals surface area contributed by atoms with Crippen LogP contribution in [-0.2, 0) is 4.79 Å². The van der Waals surface area contributed by atoms with E-state index >= 15 is 0 Å². The number of nitrogens with one attached hydrogen (secondary N) is 2. The van der Waals surface area contributed by atoms with E-state index in [9.17, 15) is 4.79 Å². The van der Waals surface area contributed by atoms with Gasteiger partial charge in [-0.15, -0.1) is 0 Å². The first-order valence-electron chi connectivity index (χ1n) is 6.64. The molecular formula is C15H19N3O3. The van der Waals surface area contributed by atoms with Gasteiger partial charge in [0.05, 0.1) is 14.2 Å². The molecule has 0 aliphatic heterocycles. The fourth-order valence-corrected chi connectivity index (χ4v) is 2.06. The summed E-state index contributed by atoms with van der Waals surface area (Å²) in [5.41, 5.74) is 0. The van der Waals surface area contributed by atoms with E-state index in [1.54, 1.807) is 27.5 Å². The molecule has 21 heavy (non-hydrogen) atoms. The average Bonchev–Trinajstić information content (AvgIpc) is 2.53. The van der Waals surface area contributed by atoms with Crippen molar-refractivity contribution >= 4 is 22.5 Å². The maximum atomic E-state index is 11.2. The van der Waals surface area contributed by atoms with Crippen LogP contribution in [0.1, 0.15) is 6.42 Å². The second-order valence-corrected chi connectivity index (χ2v) is 4.44. The maximum absolute atomic E-state index is 11.2. The van der Waals surface area contributed by atoms with Crippen LogP contribution in [0.5, 0.6) is 11.5 Å². The molecule has 0 fully saturated rings. The van der Waals surface area contributed by atoms with E-state index in [-0.39, 0.29) is 5.91 Å². The van der Waals surface area contributed by atoms with Crippen molar-refractivity contribution in [2.75, 3.05) is 33.1 Å². The third kappa shape index (κ3) is 3.34. The van der Waals surface area contributed by atoms with Crippen LogP contribution >= 0.6 is 0 Å². The summed E-state index contributed by atoms with van der Waals surface area (Å²) in [5.74, 6) is 2.03. The first-order chi connectivity index (χ1) is 10.2. The number of amides is 1. The van der Waals surface area contributed by atoms with Gasteiger partial charge in [0.15, 0.2) is 11.5 Å². The van der Waals surface area contributed by atoms with Gasteiger partial charge in [0, 0.05) is 31.6 Å². The summed E-state index contributed by atoms with van der Waals surface area (Å²) in [6.45, 7) is 0.514. The fraction of sp³-hybridized carbons (Fsp3) is 0.333. The second kappa shape index (κ2) is 6.78. The molecule has 1 aromatic heterocycles. The highest BCUT2D eigenvalue weighted by atomic mass is 16.5. The lowest BCUT2D eigenvalue weighted by atomic mass is 10.1. The molecule has 0 spiro atoms. The van der Waals surface area contributed by atoms with E-state index in [2.05, 4.69) is 15.6 Å². The number of carbonyl (C=O) groups is 1. The zero-order chi connectivity index (χ0) is 15.2. The van der Waals surface area contributed by atoms with E-state index < -0.39 is 0 Å². The van der Waals surface area contributed by atoms with Crippen molar-refractivity contribution in [3.63, 3.8) is 0 Å². The van der Waals surface area contributed by atoms with Crippen molar-refractivity contribution in [1.29, 1.82) is 0 Å². The van der Waals surface area contributed by atoms with Crippen molar-refractivity contribution in [2.45, 2.75) is 6.42 Å². The van der Waals surface area contributed by atoms with Gasteiger partial charge in [0.2, 0.25) is 5.91 Å². The molecule has 0 atom stereocenters. The molecule has 1 heterocycles. The standard InChI is InChI=1S/C15H19N3O3/c1-16-14(19)5-7-18-15-11-9-13(21-3)12(20-2)8-10(11)4-6-17-15/h4,6,8-9H,5,7H2,1-3H3,(H,16,19)(H,17,18). The van der Waals surface area contributed by atoms with Gasteiger partial charge in [-0.2, -0.15) is 0 Å². The lowest BCUT2D eigenvalue weighted by Gasteiger charge is -2.12. The minimum atomic E-state index is -0.0120. The summed E-state index contributed by atoms with van der Waals surface area (Å²) >= 11 is 0. The van der Waals surface area contributed by atoms with Crippen LogP contribution in [-0.4, -0.2) is 38.7 Å². The molecule has 0 bridgehead atoms. The number of hydrogen-bond donors (Lipinski definition) is 2. The van der Waals surface area contributed by atoms with Crippen LogP contribution < -0.4 is 20.1 Å². The number of nitrogens with zero attached hydrogens (tertiary/aromatic N) is 1. The number of hydrogen-bond acceptors (Lipinski definition) is 5. The van der Waals surface area contributed by atoms with Crippen molar-refractivity contribution in [2.24, 2.45) is 0 Å². The first-order valence-corrected chi connectivity index (χ1v) is 6.64. The van der Waals surface area contributed by atoms with E-state index in [0.29, 0.717) is 24.5 Å². The average molecular weight is 289 g/mol. The highest BCUT2D eigenvalue weighted by Gasteiger charge is 2.09. The highest BCUT2D eigenvalue weighted by molar-refractivity contribution is 5.94. The Morgan fingerprint density at radius 1 is 1.24 bits per heavy atom. The number of fused-ring (bicyclic) bond motifs is 1. The minimum Gasteiger partial charge on any atom is -0.493 e. The van der Waals surface area contributed by atoms with Crippen molar-refractivity contribution < 1.29 is 14.3 Å². The molecule has 0 saturated carbocycles. The number of benzene rings is 1. The normalized spacial score (nSPS) is 10.2. The monoisotopic (exact) mass is 289 g/mol. The molecule has 0 saturated heterocycles. The van der Waals surface area contributed by atoms with Gasteiger partial charge in [0.1, 0.15) is 5.82 Å². The van der Waals surface area contributed by atoms with Crippen molar-refractivity contribution in [3.8, 4) is 11.5 Å². The summed E-state index contributed by atoms with van der Waals surface area (Å²) in [6.07, 6.45) is 2.11. The van der Waals surface area contributed by atoms with Gasteiger partial charge in [-0.05, 0) is 23.6 Å². The van der Waals surface area contributed by atoms with Gasteiger partial charge in [-0.25, -0.2) is 4.98 Å². The third-order valence-corrected chi connectivity index (χ3v) is 3.19. The largest absolute Gasteiger partial charge is 0.493 e. The summed E-state index contributed by atoms with van der Waals surface area (Å²) < 4.78 is 10.6. The number of carbonyl (C=O) groups excluding carboxylic acids is 1. The molecule has 0 aliphatic carbocycles. The van der Waals surface area contributed by atoms with Crippen LogP contribution in [0.25, 0.3) is 10.8 Å². The van der Waals surface area contributed by atoms with E-state index in [4.69, 9.17) is 9.47 Å². The number of ether oxygens (including phenoxy) is 2. The quantitative estimate of drug-likeness (QED) is 0.848. The summed E-state index contributed by atoms with van der Waals surface area (Å²) in [7, 11) is 4.82. The van der Waals surface area contributed by atoms with Gasteiger partial charge in [0.25, 0.3) is 0 Å². The molecule has 2 rings (SSSR count). The Morgan fingerprint density at radius 3 is 2.62 bits per heavy atom. The number of methoxy groups -OCH3 is 2. The summed E-state index contributed by atoms with van der Waals surface area (Å²) in [5, 5.41) is 7.67. The number of rotatable bonds is 6. The molecule has 1 amide bonds. The van der Waals surface area contributed by atoms with Crippen LogP contribution in [0.2, 0.25) is 0 Å². The topological polar surface area (TPSA) is 72.5 Å². The molecule has 6 heteroatoms. The molecular weight excluding hydrogens is 270 g/mol. The van der Waals surface area contributed by atoms with Gasteiger partial charge < -0.3 is 20.1 Å². The molecule has 0 radical (unpaired) electrons. The Balaban J connectivity index is 2.29. The SMILES string of the molecule is CNC(=O)CCNc1nccc2cc(OC)c(OC)cc12. The van der Waals surface area contributed by atoms with E-state index in [1.807, 2.05) is 18.2 Å². The fourth-order valence-electron chi connectivity index (χ4n) is 2.06. The van der Waals surface area contributed by atoms with Gasteiger partial charge in [-0.3, -0.25) is 4.79 Å². The van der Waals surface area contributed by atoms with Crippen molar-refractivity contribution in [1.82, 2.24) is 10.3 Å². The first kappa shape index (κ1) is 14.9. The lowest BCUT2D eigenvalue weighted by Crippen LogP contribution is -2.21. The zero-order valence-electron chi connectivity index (χ0n) is 12.4. The summed E-state index contributed by atoms with van der Waals surface area (Å²) in [4.78, 5) is 15.6. The molecule has 0 aliphatic rings. The molecule has 2 aromatic rings. The zero-order valence-corrected chi connectivity index (χ0v) is 12.4. The van der Waals surface area contributed by atoms with Crippen molar-refractivity contribution in [3.05, 3.63) is 24.4 Å². The molecule has 112 valence electrons. The Bertz CT molecular complexity index is 643. The second-order valence-electron chi connectivity index (χ2n) is 4.44. The Morgan fingerprint density at radius 2 is 1.95 bits per heavy atom. The summed E-state index contributed by atoms with van der Waals surface area (Å²) in [6, 6.07) is 5.68. The lowest BCUT2D eigenvalue weighted by molar-refractivity contribution is -0.120. The Kier molecular flexibility index (Phi) is 4.81. The van der Waals surface area contributed by atoms with E-state index in [1.165, 1.54) is 0 Å². The van der Waals surface area contributed by atoms with Crippen LogP contribution in [0.3, 0.4) is 0 Å². The smallest absolute Gasteiger partial charge is 0.221 e. The number of pyridine rings is 1. The van der Waals surface area contributed by atoms with Gasteiger partial charge >= 0.3 is 0 Å². The molecule has 2 N–H and O–H groups in total. The van der Waals surface area contributed by atoms with Crippen LogP contribution in [0.15, 0.2) is 24.4 Å². The van der Waals surface area contributed by atoms with E-state index in [0.717, 1.165) is 16.6 Å². The van der Waals surface area contributed by atoms with Crippen LogP contribution in [0, 0.1) is 0 Å². The maximum Gasteiger partial charge on any atom is 0.221 e. The van der Waals surface area contributed by atoms with Crippen LogP contribution in [0.4, 0.5) is 5.82 Å². The molecule has 1 aromatic carbocycles. The molecule has 0 unspecified atom stereocenters. The minimum absolute atomic E-state index is 0.0120. The Labute approximate surface area is 123 Å². The third-order valence-electron chi connectivity index (χ3n) is 3.19. The Hall–Kier alpha value is -2.50. The molecule has 6 nitrogen and oxygen atoms in total. The predicted octanol–water partition coefficient (Wildman–Crippen LogP) is 1.80. The predicted molar refractivity (Wildman–Crippen MR) is 82.0 cm³/mol. The number of aromatic nitrogens is 1.